The van der Waals surface area contributed by atoms with Gasteiger partial charge < -0.3 is 19.5 Å². The average molecular weight is 477 g/mol. The molecule has 0 fully saturated rings. The topological polar surface area (TPSA) is 77.1 Å². The van der Waals surface area contributed by atoms with Gasteiger partial charge in [0.15, 0.2) is 11.6 Å². The molecule has 180 valence electrons. The number of hydrogen-bond acceptors (Lipinski definition) is 5. The summed E-state index contributed by atoms with van der Waals surface area (Å²) in [5.74, 6) is 0.0470. The molecule has 1 aliphatic heterocycles. The largest absolute Gasteiger partial charge is 0.484 e. The van der Waals surface area contributed by atoms with Crippen molar-refractivity contribution in [3.05, 3.63) is 102 Å². The first-order valence-corrected chi connectivity index (χ1v) is 11.1. The van der Waals surface area contributed by atoms with Gasteiger partial charge in [-0.2, -0.15) is 0 Å². The fourth-order valence-corrected chi connectivity index (χ4v) is 3.72. The number of carbonyl (C=O) groups is 2. The number of amides is 2. The van der Waals surface area contributed by atoms with Crippen molar-refractivity contribution in [3.63, 3.8) is 0 Å². The number of rotatable bonds is 8. The molecule has 35 heavy (non-hydrogen) atoms. The highest BCUT2D eigenvalue weighted by atomic mass is 19.1. The lowest BCUT2D eigenvalue weighted by atomic mass is 9.94. The van der Waals surface area contributed by atoms with Crippen LogP contribution in [0, 0.1) is 5.82 Å². The first kappa shape index (κ1) is 23.8. The van der Waals surface area contributed by atoms with E-state index >= 15 is 0 Å². The zero-order valence-electron chi connectivity index (χ0n) is 19.4. The standard InChI is InChI=1S/C27H25FN2O5/c1-3-33-26(31)24-22(17-34-23-15-8-7-14-21(23)28)30(2)27(32)29-25(24)18-10-9-13-20(16-18)35-19-11-5-4-6-12-19/h4-16,25H,3,17H2,1-2H3,(H,29,32). The van der Waals surface area contributed by atoms with Crippen LogP contribution in [0.25, 0.3) is 0 Å². The summed E-state index contributed by atoms with van der Waals surface area (Å²) in [4.78, 5) is 27.2. The Kier molecular flexibility index (Phi) is 7.30. The number of urea groups is 1. The minimum absolute atomic E-state index is 0.0115. The lowest BCUT2D eigenvalue weighted by Crippen LogP contribution is -2.48. The van der Waals surface area contributed by atoms with Crippen molar-refractivity contribution < 1.29 is 28.2 Å². The van der Waals surface area contributed by atoms with E-state index in [-0.39, 0.29) is 30.2 Å². The molecule has 0 saturated heterocycles. The summed E-state index contributed by atoms with van der Waals surface area (Å²) in [5, 5.41) is 2.85. The predicted octanol–water partition coefficient (Wildman–Crippen LogP) is 5.21. The Labute approximate surface area is 202 Å². The fourth-order valence-electron chi connectivity index (χ4n) is 3.72. The van der Waals surface area contributed by atoms with Crippen LogP contribution >= 0.6 is 0 Å². The number of halogens is 1. The molecule has 0 bridgehead atoms. The van der Waals surface area contributed by atoms with Crippen LogP contribution in [0.2, 0.25) is 0 Å². The van der Waals surface area contributed by atoms with Gasteiger partial charge in [0.05, 0.1) is 23.9 Å². The van der Waals surface area contributed by atoms with Crippen LogP contribution in [0.5, 0.6) is 17.2 Å². The van der Waals surface area contributed by atoms with E-state index in [1.807, 2.05) is 30.3 Å². The number of nitrogens with zero attached hydrogens (tertiary/aromatic N) is 1. The highest BCUT2D eigenvalue weighted by Gasteiger charge is 2.37. The number of hydrogen-bond donors (Lipinski definition) is 1. The number of para-hydroxylation sites is 2. The van der Waals surface area contributed by atoms with Crippen molar-refractivity contribution in [2.45, 2.75) is 13.0 Å². The normalized spacial score (nSPS) is 15.5. The molecule has 8 heteroatoms. The average Bonchev–Trinajstić information content (AvgIpc) is 2.86. The van der Waals surface area contributed by atoms with Crippen molar-refractivity contribution in [3.8, 4) is 17.2 Å². The molecular weight excluding hydrogens is 451 g/mol. The van der Waals surface area contributed by atoms with Crippen molar-refractivity contribution in [2.24, 2.45) is 0 Å². The van der Waals surface area contributed by atoms with Crippen LogP contribution in [-0.4, -0.2) is 37.2 Å². The number of ether oxygens (including phenoxy) is 3. The molecule has 0 radical (unpaired) electrons. The number of benzene rings is 3. The quantitative estimate of drug-likeness (QED) is 0.452. The lowest BCUT2D eigenvalue weighted by molar-refractivity contribution is -0.139. The van der Waals surface area contributed by atoms with Gasteiger partial charge in [0.2, 0.25) is 0 Å². The Balaban J connectivity index is 1.72. The van der Waals surface area contributed by atoms with Crippen LogP contribution in [-0.2, 0) is 9.53 Å². The summed E-state index contributed by atoms with van der Waals surface area (Å²) in [6.07, 6.45) is 0. The molecule has 1 N–H and O–H groups in total. The van der Waals surface area contributed by atoms with Gasteiger partial charge in [-0.05, 0) is 48.9 Å². The SMILES string of the molecule is CCOC(=O)C1=C(COc2ccccc2F)N(C)C(=O)NC1c1cccc(Oc2ccccc2)c1. The van der Waals surface area contributed by atoms with Gasteiger partial charge in [0.1, 0.15) is 18.1 Å². The number of likely N-dealkylation sites (N-methyl/N-ethyl adjacent to an activating group) is 1. The summed E-state index contributed by atoms with van der Waals surface area (Å²) in [6, 6.07) is 21.0. The summed E-state index contributed by atoms with van der Waals surface area (Å²) in [7, 11) is 1.51. The minimum atomic E-state index is -0.823. The molecule has 7 nitrogen and oxygen atoms in total. The Hall–Kier alpha value is -4.33. The fraction of sp³-hybridized carbons (Fsp3) is 0.185. The van der Waals surface area contributed by atoms with E-state index in [1.165, 1.54) is 24.1 Å². The van der Waals surface area contributed by atoms with E-state index in [4.69, 9.17) is 14.2 Å². The maximum Gasteiger partial charge on any atom is 0.338 e. The molecule has 1 aliphatic rings. The maximum atomic E-state index is 14.1. The highest BCUT2D eigenvalue weighted by molar-refractivity contribution is 5.95. The van der Waals surface area contributed by atoms with Crippen LogP contribution in [0.3, 0.4) is 0 Å². The van der Waals surface area contributed by atoms with Gasteiger partial charge in [-0.3, -0.25) is 4.90 Å². The van der Waals surface area contributed by atoms with Crippen molar-refractivity contribution in [1.29, 1.82) is 0 Å². The molecule has 0 saturated carbocycles. The molecular formula is C27H25FN2O5. The van der Waals surface area contributed by atoms with E-state index in [0.717, 1.165) is 0 Å². The molecule has 4 rings (SSSR count). The zero-order chi connectivity index (χ0) is 24.8. The van der Waals surface area contributed by atoms with E-state index < -0.39 is 23.9 Å². The van der Waals surface area contributed by atoms with E-state index in [9.17, 15) is 14.0 Å². The lowest BCUT2D eigenvalue weighted by Gasteiger charge is -2.34. The van der Waals surface area contributed by atoms with Gasteiger partial charge in [0, 0.05) is 7.05 Å². The third-order valence-electron chi connectivity index (χ3n) is 5.44. The molecule has 1 atom stereocenters. The first-order chi connectivity index (χ1) is 17.0. The van der Waals surface area contributed by atoms with E-state index in [2.05, 4.69) is 5.32 Å². The third kappa shape index (κ3) is 5.43. The zero-order valence-corrected chi connectivity index (χ0v) is 19.4. The number of nitrogens with one attached hydrogen (secondary N) is 1. The first-order valence-electron chi connectivity index (χ1n) is 11.1. The van der Waals surface area contributed by atoms with Crippen LogP contribution < -0.4 is 14.8 Å². The molecule has 3 aromatic carbocycles. The second-order valence-electron chi connectivity index (χ2n) is 7.73. The predicted molar refractivity (Wildman–Crippen MR) is 128 cm³/mol. The van der Waals surface area contributed by atoms with E-state index in [1.54, 1.807) is 43.3 Å². The summed E-state index contributed by atoms with van der Waals surface area (Å²) >= 11 is 0. The maximum absolute atomic E-state index is 14.1. The summed E-state index contributed by atoms with van der Waals surface area (Å²) in [6.45, 7) is 1.63. The number of esters is 1. The second kappa shape index (κ2) is 10.7. The van der Waals surface area contributed by atoms with Crippen LogP contribution in [0.1, 0.15) is 18.5 Å². The van der Waals surface area contributed by atoms with Gasteiger partial charge in [0.25, 0.3) is 0 Å². The number of carbonyl (C=O) groups excluding carboxylic acids is 2. The monoisotopic (exact) mass is 476 g/mol. The van der Waals surface area contributed by atoms with Crippen molar-refractivity contribution in [1.82, 2.24) is 10.2 Å². The Morgan fingerprint density at radius 2 is 1.71 bits per heavy atom. The van der Waals surface area contributed by atoms with Gasteiger partial charge in [-0.25, -0.2) is 14.0 Å². The second-order valence-corrected chi connectivity index (χ2v) is 7.73. The third-order valence-corrected chi connectivity index (χ3v) is 5.44. The Morgan fingerprint density at radius 1 is 1.00 bits per heavy atom. The van der Waals surface area contributed by atoms with Crippen LogP contribution in [0.15, 0.2) is 90.1 Å². The molecule has 1 unspecified atom stereocenters. The molecule has 1 heterocycles. The molecule has 2 amide bonds. The van der Waals surface area contributed by atoms with Gasteiger partial charge in [-0.15, -0.1) is 0 Å². The molecule has 0 aromatic heterocycles. The van der Waals surface area contributed by atoms with Crippen molar-refractivity contribution in [2.75, 3.05) is 20.3 Å². The van der Waals surface area contributed by atoms with Gasteiger partial charge >= 0.3 is 12.0 Å². The minimum Gasteiger partial charge on any atom is -0.484 e. The van der Waals surface area contributed by atoms with Crippen LogP contribution in [0.4, 0.5) is 9.18 Å². The van der Waals surface area contributed by atoms with E-state index in [0.29, 0.717) is 17.1 Å². The smallest absolute Gasteiger partial charge is 0.338 e. The highest BCUT2D eigenvalue weighted by Crippen LogP contribution is 2.34. The summed E-state index contributed by atoms with van der Waals surface area (Å²) in [5.41, 5.74) is 1.09. The molecule has 0 aliphatic carbocycles. The molecule has 3 aromatic rings. The molecule has 0 spiro atoms. The summed E-state index contributed by atoms with van der Waals surface area (Å²) < 4.78 is 31.0. The Bertz CT molecular complexity index is 1250. The Morgan fingerprint density at radius 3 is 2.46 bits per heavy atom. The van der Waals surface area contributed by atoms with Gasteiger partial charge in [-0.1, -0.05) is 42.5 Å². The van der Waals surface area contributed by atoms with Crippen molar-refractivity contribution >= 4 is 12.0 Å².